The van der Waals surface area contributed by atoms with Crippen LogP contribution < -0.4 is 10.2 Å². The zero-order chi connectivity index (χ0) is 24.0. The maximum Gasteiger partial charge on any atom is 0.321 e. The number of aryl methyl sites for hydroxylation is 1. The van der Waals surface area contributed by atoms with E-state index in [1.807, 2.05) is 41.3 Å². The lowest BCUT2D eigenvalue weighted by atomic mass is 10.1. The van der Waals surface area contributed by atoms with Crippen molar-refractivity contribution >= 4 is 28.3 Å². The van der Waals surface area contributed by atoms with Gasteiger partial charge in [0.15, 0.2) is 5.82 Å². The van der Waals surface area contributed by atoms with Crippen molar-refractivity contribution in [3.05, 3.63) is 84.4 Å². The maximum absolute atomic E-state index is 12.7. The average Bonchev–Trinajstić information content (AvgIpc) is 2.92. The topological polar surface area (TPSA) is 61.4 Å². The van der Waals surface area contributed by atoms with Crippen molar-refractivity contribution in [1.29, 1.82) is 0 Å². The zero-order valence-electron chi connectivity index (χ0n) is 20.2. The summed E-state index contributed by atoms with van der Waals surface area (Å²) in [6.45, 7) is 4.95. The summed E-state index contributed by atoms with van der Waals surface area (Å²) < 4.78 is 0. The molecule has 0 spiro atoms. The third-order valence-corrected chi connectivity index (χ3v) is 6.61. The molecule has 1 aliphatic heterocycles. The van der Waals surface area contributed by atoms with E-state index in [0.717, 1.165) is 42.3 Å². The van der Waals surface area contributed by atoms with Gasteiger partial charge in [-0.1, -0.05) is 61.9 Å². The van der Waals surface area contributed by atoms with Gasteiger partial charge in [0.2, 0.25) is 0 Å². The van der Waals surface area contributed by atoms with E-state index in [1.54, 1.807) is 0 Å². The fourth-order valence-electron chi connectivity index (χ4n) is 4.47. The van der Waals surface area contributed by atoms with E-state index in [2.05, 4.69) is 69.8 Å². The molecule has 0 unspecified atom stereocenters. The fraction of sp³-hybridized carbons (Fsp3) is 0.276. The first-order chi connectivity index (χ1) is 17.2. The highest BCUT2D eigenvalue weighted by atomic mass is 16.2. The summed E-state index contributed by atoms with van der Waals surface area (Å²) in [6.07, 6.45) is 3.45. The van der Waals surface area contributed by atoms with Crippen LogP contribution in [0.25, 0.3) is 22.0 Å². The first-order valence-corrected chi connectivity index (χ1v) is 12.4. The minimum atomic E-state index is -0.0521. The van der Waals surface area contributed by atoms with Gasteiger partial charge in [-0.25, -0.2) is 4.79 Å². The van der Waals surface area contributed by atoms with Crippen LogP contribution in [-0.2, 0) is 6.42 Å². The maximum atomic E-state index is 12.7. The predicted octanol–water partition coefficient (Wildman–Crippen LogP) is 5.99. The molecule has 0 bridgehead atoms. The Balaban J connectivity index is 1.16. The molecule has 4 aromatic rings. The Morgan fingerprint density at radius 3 is 2.34 bits per heavy atom. The zero-order valence-corrected chi connectivity index (χ0v) is 20.2. The SMILES string of the molecule is CCCCc1ccc(NC(=O)N2CCN(c3ccc(-c4ccc5ccccc5c4)nn3)CC2)cc1. The summed E-state index contributed by atoms with van der Waals surface area (Å²) >= 11 is 0. The summed E-state index contributed by atoms with van der Waals surface area (Å²) in [5.74, 6) is 0.845. The third-order valence-electron chi connectivity index (χ3n) is 6.61. The molecule has 6 heteroatoms. The van der Waals surface area contributed by atoms with Crippen LogP contribution in [0.3, 0.4) is 0 Å². The molecule has 0 saturated carbocycles. The number of nitrogens with one attached hydrogen (secondary N) is 1. The third kappa shape index (κ3) is 5.43. The molecule has 1 aliphatic rings. The van der Waals surface area contributed by atoms with Crippen LogP contribution in [0.4, 0.5) is 16.3 Å². The number of anilines is 2. The molecule has 1 aromatic heterocycles. The van der Waals surface area contributed by atoms with Gasteiger partial charge in [-0.05, 0) is 59.5 Å². The van der Waals surface area contributed by atoms with Gasteiger partial charge in [-0.2, -0.15) is 0 Å². The predicted molar refractivity (Wildman–Crippen MR) is 143 cm³/mol. The van der Waals surface area contributed by atoms with Crippen molar-refractivity contribution in [2.45, 2.75) is 26.2 Å². The Labute approximate surface area is 206 Å². The van der Waals surface area contributed by atoms with Crippen molar-refractivity contribution < 1.29 is 4.79 Å². The Morgan fingerprint density at radius 2 is 1.63 bits per heavy atom. The number of nitrogens with zero attached hydrogens (tertiary/aromatic N) is 4. The number of hydrogen-bond acceptors (Lipinski definition) is 4. The van der Waals surface area contributed by atoms with Crippen LogP contribution in [0.15, 0.2) is 78.9 Å². The number of hydrogen-bond donors (Lipinski definition) is 1. The quantitative estimate of drug-likeness (QED) is 0.380. The number of urea groups is 1. The number of carbonyl (C=O) groups is 1. The van der Waals surface area contributed by atoms with E-state index in [4.69, 9.17) is 0 Å². The first-order valence-electron chi connectivity index (χ1n) is 12.4. The molecular formula is C29H31N5O. The smallest absolute Gasteiger partial charge is 0.321 e. The number of piperazine rings is 1. The monoisotopic (exact) mass is 465 g/mol. The minimum Gasteiger partial charge on any atom is -0.352 e. The van der Waals surface area contributed by atoms with Crippen molar-refractivity contribution in [3.8, 4) is 11.3 Å². The number of benzene rings is 3. The second-order valence-electron chi connectivity index (χ2n) is 9.04. The van der Waals surface area contributed by atoms with Crippen molar-refractivity contribution in [2.24, 2.45) is 0 Å². The Morgan fingerprint density at radius 1 is 0.857 bits per heavy atom. The van der Waals surface area contributed by atoms with Gasteiger partial charge < -0.3 is 15.1 Å². The summed E-state index contributed by atoms with van der Waals surface area (Å²) in [4.78, 5) is 16.8. The summed E-state index contributed by atoms with van der Waals surface area (Å²) in [7, 11) is 0. The van der Waals surface area contributed by atoms with E-state index in [9.17, 15) is 4.79 Å². The van der Waals surface area contributed by atoms with E-state index in [1.165, 1.54) is 29.2 Å². The van der Waals surface area contributed by atoms with Crippen molar-refractivity contribution in [2.75, 3.05) is 36.4 Å². The highest BCUT2D eigenvalue weighted by molar-refractivity contribution is 5.89. The summed E-state index contributed by atoms with van der Waals surface area (Å²) in [5.41, 5.74) is 4.07. The Bertz CT molecular complexity index is 1280. The first kappa shape index (κ1) is 22.8. The Hall–Kier alpha value is -3.93. The highest BCUT2D eigenvalue weighted by Crippen LogP contribution is 2.24. The lowest BCUT2D eigenvalue weighted by Crippen LogP contribution is -2.50. The second-order valence-corrected chi connectivity index (χ2v) is 9.04. The highest BCUT2D eigenvalue weighted by Gasteiger charge is 2.22. The van der Waals surface area contributed by atoms with Crippen LogP contribution in [-0.4, -0.2) is 47.3 Å². The summed E-state index contributed by atoms with van der Waals surface area (Å²) in [6, 6.07) is 26.8. The second kappa shape index (κ2) is 10.6. The minimum absolute atomic E-state index is 0.0521. The normalized spacial score (nSPS) is 13.7. The van der Waals surface area contributed by atoms with Crippen LogP contribution >= 0.6 is 0 Å². The van der Waals surface area contributed by atoms with E-state index >= 15 is 0 Å². The van der Waals surface area contributed by atoms with Gasteiger partial charge in [0.05, 0.1) is 5.69 Å². The van der Waals surface area contributed by atoms with Crippen LogP contribution in [0, 0.1) is 0 Å². The van der Waals surface area contributed by atoms with E-state index < -0.39 is 0 Å². The molecule has 0 radical (unpaired) electrons. The standard InChI is InChI=1S/C29H31N5O/c1-2-3-6-22-9-13-26(14-10-22)30-29(35)34-19-17-33(18-20-34)28-16-15-27(31-32-28)25-12-11-23-7-4-5-8-24(23)21-25/h4-5,7-16,21H,2-3,6,17-20H2,1H3,(H,30,35). The molecule has 6 nitrogen and oxygen atoms in total. The Kier molecular flexibility index (Phi) is 6.89. The molecule has 0 atom stereocenters. The number of rotatable bonds is 6. The molecule has 2 amide bonds. The largest absolute Gasteiger partial charge is 0.352 e. The van der Waals surface area contributed by atoms with Gasteiger partial charge in [0.25, 0.3) is 0 Å². The van der Waals surface area contributed by atoms with Gasteiger partial charge >= 0.3 is 6.03 Å². The molecule has 2 heterocycles. The van der Waals surface area contributed by atoms with Gasteiger partial charge in [-0.15, -0.1) is 10.2 Å². The van der Waals surface area contributed by atoms with E-state index in [-0.39, 0.29) is 6.03 Å². The number of unbranched alkanes of at least 4 members (excludes halogenated alkanes) is 1. The van der Waals surface area contributed by atoms with E-state index in [0.29, 0.717) is 13.1 Å². The molecule has 1 fully saturated rings. The van der Waals surface area contributed by atoms with Gasteiger partial charge in [0, 0.05) is 37.4 Å². The number of fused-ring (bicyclic) bond motifs is 1. The molecule has 35 heavy (non-hydrogen) atoms. The molecule has 1 saturated heterocycles. The number of carbonyl (C=O) groups excluding carboxylic acids is 1. The fourth-order valence-corrected chi connectivity index (χ4v) is 4.47. The lowest BCUT2D eigenvalue weighted by Gasteiger charge is -2.35. The molecule has 1 N–H and O–H groups in total. The van der Waals surface area contributed by atoms with Crippen molar-refractivity contribution in [1.82, 2.24) is 15.1 Å². The van der Waals surface area contributed by atoms with Crippen LogP contribution in [0.5, 0.6) is 0 Å². The number of amides is 2. The van der Waals surface area contributed by atoms with Crippen LogP contribution in [0.2, 0.25) is 0 Å². The summed E-state index contributed by atoms with van der Waals surface area (Å²) in [5, 5.41) is 14.4. The van der Waals surface area contributed by atoms with Crippen LogP contribution in [0.1, 0.15) is 25.3 Å². The average molecular weight is 466 g/mol. The lowest BCUT2D eigenvalue weighted by molar-refractivity contribution is 0.208. The molecule has 3 aromatic carbocycles. The molecular weight excluding hydrogens is 434 g/mol. The van der Waals surface area contributed by atoms with Crippen molar-refractivity contribution in [3.63, 3.8) is 0 Å². The van der Waals surface area contributed by atoms with Gasteiger partial charge in [-0.3, -0.25) is 0 Å². The molecule has 5 rings (SSSR count). The van der Waals surface area contributed by atoms with Gasteiger partial charge in [0.1, 0.15) is 0 Å². The number of aromatic nitrogens is 2. The molecule has 0 aliphatic carbocycles. The molecule has 178 valence electrons.